The maximum atomic E-state index is 11.2. The van der Waals surface area contributed by atoms with Gasteiger partial charge in [0.1, 0.15) is 5.78 Å². The predicted molar refractivity (Wildman–Crippen MR) is 50.6 cm³/mol. The summed E-state index contributed by atoms with van der Waals surface area (Å²) in [7, 11) is 1.78. The van der Waals surface area contributed by atoms with Crippen LogP contribution in [0.1, 0.15) is 19.0 Å². The number of hydrogen-bond donors (Lipinski definition) is 1. The molecule has 78 valence electrons. The van der Waals surface area contributed by atoms with Crippen LogP contribution in [-0.4, -0.2) is 32.5 Å². The van der Waals surface area contributed by atoms with Crippen molar-refractivity contribution in [3.63, 3.8) is 0 Å². The largest absolute Gasteiger partial charge is 0.396 e. The van der Waals surface area contributed by atoms with Gasteiger partial charge < -0.3 is 5.11 Å². The van der Waals surface area contributed by atoms with Crippen LogP contribution in [0.4, 0.5) is 0 Å². The van der Waals surface area contributed by atoms with Crippen LogP contribution < -0.4 is 0 Å². The normalized spacial score (nSPS) is 12.8. The lowest BCUT2D eigenvalue weighted by Gasteiger charge is -2.09. The Kier molecular flexibility index (Phi) is 3.76. The summed E-state index contributed by atoms with van der Waals surface area (Å²) < 4.78 is 1.60. The smallest absolute Gasteiger partial charge is 0.133 e. The minimum Gasteiger partial charge on any atom is -0.396 e. The molecule has 0 bridgehead atoms. The number of nitrogens with zero attached hydrogens (tertiary/aromatic N) is 3. The number of carbonyl (C=O) groups is 1. The van der Waals surface area contributed by atoms with E-state index in [-0.39, 0.29) is 18.3 Å². The van der Waals surface area contributed by atoms with Crippen LogP contribution >= 0.6 is 0 Å². The van der Waals surface area contributed by atoms with Gasteiger partial charge in [-0.3, -0.25) is 9.48 Å². The van der Waals surface area contributed by atoms with Crippen LogP contribution in [0.2, 0.25) is 0 Å². The highest BCUT2D eigenvalue weighted by molar-refractivity contribution is 5.78. The van der Waals surface area contributed by atoms with Gasteiger partial charge in [0.25, 0.3) is 0 Å². The third kappa shape index (κ3) is 2.92. The van der Waals surface area contributed by atoms with E-state index in [1.54, 1.807) is 17.9 Å². The first-order valence-corrected chi connectivity index (χ1v) is 4.60. The van der Waals surface area contributed by atoms with E-state index in [2.05, 4.69) is 10.3 Å². The average molecular weight is 197 g/mol. The summed E-state index contributed by atoms with van der Waals surface area (Å²) in [6.45, 7) is 1.57. The first-order chi connectivity index (χ1) is 6.63. The van der Waals surface area contributed by atoms with Crippen molar-refractivity contribution in [1.29, 1.82) is 0 Å². The Bertz CT molecular complexity index is 309. The van der Waals surface area contributed by atoms with Crippen LogP contribution in [0.25, 0.3) is 0 Å². The molecule has 0 aliphatic rings. The number of hydrogen-bond acceptors (Lipinski definition) is 4. The second-order valence-electron chi connectivity index (χ2n) is 3.41. The van der Waals surface area contributed by atoms with E-state index in [1.165, 1.54) is 6.92 Å². The molecule has 1 heterocycles. The number of aryl methyl sites for hydroxylation is 1. The lowest BCUT2D eigenvalue weighted by atomic mass is 9.96. The van der Waals surface area contributed by atoms with Crippen molar-refractivity contribution in [2.75, 3.05) is 6.61 Å². The molecule has 1 aromatic rings. The van der Waals surface area contributed by atoms with Crippen molar-refractivity contribution < 1.29 is 9.90 Å². The third-order valence-corrected chi connectivity index (χ3v) is 2.16. The molecule has 0 saturated carbocycles. The van der Waals surface area contributed by atoms with Crippen LogP contribution in [0, 0.1) is 5.92 Å². The molecule has 1 atom stereocenters. The molecule has 1 N–H and O–H groups in total. The van der Waals surface area contributed by atoms with Crippen LogP contribution in [0.15, 0.2) is 6.20 Å². The monoisotopic (exact) mass is 197 g/mol. The Morgan fingerprint density at radius 1 is 1.71 bits per heavy atom. The maximum absolute atomic E-state index is 11.2. The summed E-state index contributed by atoms with van der Waals surface area (Å²) in [5, 5.41) is 16.5. The summed E-state index contributed by atoms with van der Waals surface area (Å²) in [5.41, 5.74) is 0.793. The van der Waals surface area contributed by atoms with Crippen LogP contribution in [0.5, 0.6) is 0 Å². The summed E-state index contributed by atoms with van der Waals surface area (Å²) in [6.07, 6.45) is 2.84. The fraction of sp³-hybridized carbons (Fsp3) is 0.667. The second-order valence-corrected chi connectivity index (χ2v) is 3.41. The number of Topliss-reactive ketones (excluding diaryl/α,β-unsaturated/α-hetero) is 1. The summed E-state index contributed by atoms with van der Waals surface area (Å²) in [6, 6.07) is 0. The molecule has 14 heavy (non-hydrogen) atoms. The van der Waals surface area contributed by atoms with E-state index in [0.29, 0.717) is 12.8 Å². The fourth-order valence-corrected chi connectivity index (χ4v) is 1.35. The summed E-state index contributed by atoms with van der Waals surface area (Å²) >= 11 is 0. The van der Waals surface area contributed by atoms with Crippen molar-refractivity contribution in [2.45, 2.75) is 19.8 Å². The number of aromatic nitrogens is 3. The average Bonchev–Trinajstić information content (AvgIpc) is 2.50. The van der Waals surface area contributed by atoms with E-state index in [4.69, 9.17) is 5.11 Å². The van der Waals surface area contributed by atoms with E-state index in [9.17, 15) is 4.79 Å². The molecule has 0 amide bonds. The van der Waals surface area contributed by atoms with Gasteiger partial charge in [-0.15, -0.1) is 5.10 Å². The van der Waals surface area contributed by atoms with Crippen molar-refractivity contribution in [3.05, 3.63) is 11.9 Å². The fourth-order valence-electron chi connectivity index (χ4n) is 1.35. The van der Waals surface area contributed by atoms with Gasteiger partial charge in [0.2, 0.25) is 0 Å². The molecule has 1 aromatic heterocycles. The molecular weight excluding hydrogens is 182 g/mol. The molecule has 5 nitrogen and oxygen atoms in total. The van der Waals surface area contributed by atoms with Gasteiger partial charge in [0, 0.05) is 32.2 Å². The highest BCUT2D eigenvalue weighted by atomic mass is 16.3. The van der Waals surface area contributed by atoms with E-state index in [1.807, 2.05) is 0 Å². The number of aliphatic hydroxyl groups is 1. The van der Waals surface area contributed by atoms with Gasteiger partial charge in [-0.25, -0.2) is 0 Å². The minimum atomic E-state index is -0.142. The van der Waals surface area contributed by atoms with Crippen molar-refractivity contribution in [1.82, 2.24) is 15.0 Å². The minimum absolute atomic E-state index is 0.0323. The second kappa shape index (κ2) is 4.85. The van der Waals surface area contributed by atoms with E-state index >= 15 is 0 Å². The molecule has 0 spiro atoms. The molecule has 0 aromatic carbocycles. The molecule has 0 aliphatic carbocycles. The topological polar surface area (TPSA) is 68.0 Å². The zero-order valence-corrected chi connectivity index (χ0v) is 8.47. The van der Waals surface area contributed by atoms with Gasteiger partial charge in [-0.2, -0.15) is 0 Å². The number of rotatable bonds is 5. The maximum Gasteiger partial charge on any atom is 0.133 e. The quantitative estimate of drug-likeness (QED) is 0.718. The molecule has 5 heteroatoms. The number of ketones is 1. The van der Waals surface area contributed by atoms with Gasteiger partial charge >= 0.3 is 0 Å². The van der Waals surface area contributed by atoms with Crippen LogP contribution in [0.3, 0.4) is 0 Å². The molecule has 0 fully saturated rings. The highest BCUT2D eigenvalue weighted by Crippen LogP contribution is 2.10. The predicted octanol–water partition coefficient (Wildman–Crippen LogP) is -0.0548. The zero-order valence-electron chi connectivity index (χ0n) is 8.47. The van der Waals surface area contributed by atoms with Crippen molar-refractivity contribution >= 4 is 5.78 Å². The molecule has 1 rings (SSSR count). The van der Waals surface area contributed by atoms with Gasteiger partial charge in [0.15, 0.2) is 0 Å². The molecule has 1 unspecified atom stereocenters. The van der Waals surface area contributed by atoms with Gasteiger partial charge in [-0.05, 0) is 13.3 Å². The summed E-state index contributed by atoms with van der Waals surface area (Å²) in [4.78, 5) is 11.2. The molecule has 0 aliphatic heterocycles. The Morgan fingerprint density at radius 3 is 2.86 bits per heavy atom. The molecule has 0 saturated heterocycles. The number of carbonyl (C=O) groups excluding carboxylic acids is 1. The lowest BCUT2D eigenvalue weighted by molar-refractivity contribution is -0.121. The van der Waals surface area contributed by atoms with Crippen molar-refractivity contribution in [3.8, 4) is 0 Å². The Balaban J connectivity index is 2.59. The van der Waals surface area contributed by atoms with Crippen LogP contribution in [-0.2, 0) is 18.3 Å². The zero-order chi connectivity index (χ0) is 10.6. The first kappa shape index (κ1) is 10.8. The SMILES string of the molecule is CC(=O)C(CCO)Cc1cn(C)nn1. The first-order valence-electron chi connectivity index (χ1n) is 4.60. The molecular formula is C9H15N3O2. The molecule has 0 radical (unpaired) electrons. The Morgan fingerprint density at radius 2 is 2.43 bits per heavy atom. The number of aliphatic hydroxyl groups excluding tert-OH is 1. The van der Waals surface area contributed by atoms with Crippen molar-refractivity contribution in [2.24, 2.45) is 13.0 Å². The standard InChI is InChI=1S/C9H15N3O2/c1-7(14)8(3-4-13)5-9-6-12(2)11-10-9/h6,8,13H,3-5H2,1-2H3. The lowest BCUT2D eigenvalue weighted by Crippen LogP contribution is -2.15. The van der Waals surface area contributed by atoms with Gasteiger partial charge in [-0.1, -0.05) is 5.21 Å². The highest BCUT2D eigenvalue weighted by Gasteiger charge is 2.15. The van der Waals surface area contributed by atoms with Gasteiger partial charge in [0.05, 0.1) is 5.69 Å². The van der Waals surface area contributed by atoms with E-state index < -0.39 is 0 Å². The third-order valence-electron chi connectivity index (χ3n) is 2.16. The summed E-state index contributed by atoms with van der Waals surface area (Å²) in [5.74, 6) is -0.0543. The van der Waals surface area contributed by atoms with E-state index in [0.717, 1.165) is 5.69 Å². The Labute approximate surface area is 82.7 Å². The Hall–Kier alpha value is -1.23.